The summed E-state index contributed by atoms with van der Waals surface area (Å²) in [6.45, 7) is 2.05. The second kappa shape index (κ2) is 6.07. The summed E-state index contributed by atoms with van der Waals surface area (Å²) in [5, 5.41) is 4.52. The second-order valence-electron chi connectivity index (χ2n) is 4.30. The standard InChI is InChI=1S/C15H12ClN3.ClH/c1-10-6-2-4-8-12(10)17-14-11-7-3-5-9-13(11)18-15(16)19-14;/h2-9H,1H3,(H,17,18,19);1H. The Balaban J connectivity index is 0.00000147. The summed E-state index contributed by atoms with van der Waals surface area (Å²) in [7, 11) is 0. The molecule has 20 heavy (non-hydrogen) atoms. The van der Waals surface area contributed by atoms with E-state index in [0.29, 0.717) is 0 Å². The Hall–Kier alpha value is -1.84. The molecule has 2 aromatic carbocycles. The smallest absolute Gasteiger partial charge is 0.224 e. The minimum atomic E-state index is 0. The zero-order chi connectivity index (χ0) is 13.2. The lowest BCUT2D eigenvalue weighted by atomic mass is 10.2. The fraction of sp³-hybridized carbons (Fsp3) is 0.0667. The monoisotopic (exact) mass is 305 g/mol. The van der Waals surface area contributed by atoms with Crippen LogP contribution in [-0.4, -0.2) is 9.97 Å². The van der Waals surface area contributed by atoms with Gasteiger partial charge in [-0.1, -0.05) is 30.3 Å². The van der Waals surface area contributed by atoms with Gasteiger partial charge >= 0.3 is 0 Å². The molecule has 1 aromatic heterocycles. The second-order valence-corrected chi connectivity index (χ2v) is 4.64. The predicted octanol–water partition coefficient (Wildman–Crippen LogP) is 4.76. The molecule has 0 spiro atoms. The number of hydrogen-bond donors (Lipinski definition) is 1. The van der Waals surface area contributed by atoms with Crippen LogP contribution in [0.4, 0.5) is 11.5 Å². The van der Waals surface area contributed by atoms with Crippen LogP contribution >= 0.6 is 24.0 Å². The minimum Gasteiger partial charge on any atom is -0.339 e. The Labute approximate surface area is 128 Å². The van der Waals surface area contributed by atoms with Crippen molar-refractivity contribution in [2.24, 2.45) is 0 Å². The van der Waals surface area contributed by atoms with Gasteiger partial charge in [0.2, 0.25) is 5.28 Å². The average molecular weight is 306 g/mol. The van der Waals surface area contributed by atoms with Crippen LogP contribution in [0, 0.1) is 6.92 Å². The van der Waals surface area contributed by atoms with Crippen LogP contribution in [0.15, 0.2) is 48.5 Å². The zero-order valence-electron chi connectivity index (χ0n) is 10.8. The van der Waals surface area contributed by atoms with Gasteiger partial charge < -0.3 is 5.32 Å². The van der Waals surface area contributed by atoms with Crippen LogP contribution in [0.1, 0.15) is 5.56 Å². The number of rotatable bonds is 2. The van der Waals surface area contributed by atoms with Crippen LogP contribution in [0.5, 0.6) is 0 Å². The SMILES string of the molecule is Cc1ccccc1Nc1nc(Cl)nc2ccccc12.Cl. The molecule has 5 heteroatoms. The Morgan fingerprint density at radius 3 is 2.45 bits per heavy atom. The van der Waals surface area contributed by atoms with E-state index in [-0.39, 0.29) is 17.7 Å². The quantitative estimate of drug-likeness (QED) is 0.694. The molecular formula is C15H13Cl2N3. The molecule has 0 saturated heterocycles. The van der Waals surface area contributed by atoms with Crippen LogP contribution in [0.3, 0.4) is 0 Å². The Kier molecular flexibility index (Phi) is 4.42. The number of para-hydroxylation sites is 2. The highest BCUT2D eigenvalue weighted by molar-refractivity contribution is 6.28. The van der Waals surface area contributed by atoms with Crippen molar-refractivity contribution in [2.75, 3.05) is 5.32 Å². The molecular weight excluding hydrogens is 293 g/mol. The van der Waals surface area contributed by atoms with Crippen LogP contribution < -0.4 is 5.32 Å². The van der Waals surface area contributed by atoms with E-state index in [9.17, 15) is 0 Å². The first kappa shape index (κ1) is 14.6. The molecule has 0 amide bonds. The molecule has 3 rings (SSSR count). The number of anilines is 2. The largest absolute Gasteiger partial charge is 0.339 e. The number of hydrogen-bond acceptors (Lipinski definition) is 3. The number of aromatic nitrogens is 2. The van der Waals surface area contributed by atoms with Crippen molar-refractivity contribution in [3.8, 4) is 0 Å². The summed E-state index contributed by atoms with van der Waals surface area (Å²) < 4.78 is 0. The van der Waals surface area contributed by atoms with E-state index in [0.717, 1.165) is 28.0 Å². The van der Waals surface area contributed by atoms with E-state index in [2.05, 4.69) is 15.3 Å². The molecule has 1 heterocycles. The maximum absolute atomic E-state index is 5.97. The van der Waals surface area contributed by atoms with Gasteiger partial charge in [0.1, 0.15) is 5.82 Å². The van der Waals surface area contributed by atoms with Gasteiger partial charge in [0, 0.05) is 11.1 Å². The number of halogens is 2. The molecule has 3 aromatic rings. The molecule has 102 valence electrons. The fourth-order valence-corrected chi connectivity index (χ4v) is 2.16. The van der Waals surface area contributed by atoms with Gasteiger partial charge in [-0.2, -0.15) is 4.98 Å². The first-order valence-corrected chi connectivity index (χ1v) is 6.37. The minimum absolute atomic E-state index is 0. The van der Waals surface area contributed by atoms with E-state index in [1.54, 1.807) is 0 Å². The van der Waals surface area contributed by atoms with Crippen LogP contribution in [-0.2, 0) is 0 Å². The third-order valence-corrected chi connectivity index (χ3v) is 3.14. The van der Waals surface area contributed by atoms with E-state index >= 15 is 0 Å². The molecule has 0 fully saturated rings. The fourth-order valence-electron chi connectivity index (χ4n) is 1.98. The maximum atomic E-state index is 5.97. The van der Waals surface area contributed by atoms with Crippen molar-refractivity contribution in [3.63, 3.8) is 0 Å². The highest BCUT2D eigenvalue weighted by Gasteiger charge is 2.07. The number of nitrogens with one attached hydrogen (secondary N) is 1. The molecule has 0 aliphatic rings. The summed E-state index contributed by atoms with van der Waals surface area (Å²) in [4.78, 5) is 8.50. The van der Waals surface area contributed by atoms with E-state index in [1.165, 1.54) is 0 Å². The van der Waals surface area contributed by atoms with E-state index in [4.69, 9.17) is 11.6 Å². The molecule has 0 aliphatic heterocycles. The summed E-state index contributed by atoms with van der Waals surface area (Å²) >= 11 is 5.97. The molecule has 0 saturated carbocycles. The molecule has 3 nitrogen and oxygen atoms in total. The lowest BCUT2D eigenvalue weighted by Crippen LogP contribution is -1.98. The third kappa shape index (κ3) is 2.84. The van der Waals surface area contributed by atoms with Crippen molar-refractivity contribution < 1.29 is 0 Å². The highest BCUT2D eigenvalue weighted by atomic mass is 35.5. The van der Waals surface area contributed by atoms with Crippen LogP contribution in [0.2, 0.25) is 5.28 Å². The summed E-state index contributed by atoms with van der Waals surface area (Å²) in [6.07, 6.45) is 0. The van der Waals surface area contributed by atoms with Crippen molar-refractivity contribution in [1.82, 2.24) is 9.97 Å². The number of nitrogens with zero attached hydrogens (tertiary/aromatic N) is 2. The van der Waals surface area contributed by atoms with Gasteiger partial charge in [0.25, 0.3) is 0 Å². The summed E-state index contributed by atoms with van der Waals surface area (Å²) in [5.41, 5.74) is 3.00. The molecule has 0 atom stereocenters. The molecule has 0 unspecified atom stereocenters. The van der Waals surface area contributed by atoms with Crippen molar-refractivity contribution in [1.29, 1.82) is 0 Å². The van der Waals surface area contributed by atoms with Gasteiger partial charge in [0.15, 0.2) is 0 Å². The average Bonchev–Trinajstić information content (AvgIpc) is 2.41. The maximum Gasteiger partial charge on any atom is 0.224 e. The van der Waals surface area contributed by atoms with E-state index in [1.807, 2.05) is 55.5 Å². The Bertz CT molecular complexity index is 744. The predicted molar refractivity (Wildman–Crippen MR) is 86.3 cm³/mol. The Morgan fingerprint density at radius 2 is 1.65 bits per heavy atom. The topological polar surface area (TPSA) is 37.8 Å². The van der Waals surface area contributed by atoms with Gasteiger partial charge in [-0.3, -0.25) is 0 Å². The first-order valence-electron chi connectivity index (χ1n) is 5.99. The van der Waals surface area contributed by atoms with Gasteiger partial charge in [-0.15, -0.1) is 12.4 Å². The first-order chi connectivity index (χ1) is 9.24. The van der Waals surface area contributed by atoms with Gasteiger partial charge in [-0.25, -0.2) is 4.98 Å². The van der Waals surface area contributed by atoms with Gasteiger partial charge in [0.05, 0.1) is 5.52 Å². The Morgan fingerprint density at radius 1 is 0.950 bits per heavy atom. The summed E-state index contributed by atoms with van der Waals surface area (Å²) in [5.74, 6) is 0.727. The van der Waals surface area contributed by atoms with Crippen molar-refractivity contribution in [3.05, 3.63) is 59.4 Å². The summed E-state index contributed by atoms with van der Waals surface area (Å²) in [6, 6.07) is 15.9. The van der Waals surface area contributed by atoms with Crippen molar-refractivity contribution in [2.45, 2.75) is 6.92 Å². The lowest BCUT2D eigenvalue weighted by molar-refractivity contribution is 1.21. The lowest BCUT2D eigenvalue weighted by Gasteiger charge is -2.10. The highest BCUT2D eigenvalue weighted by Crippen LogP contribution is 2.26. The van der Waals surface area contributed by atoms with Crippen molar-refractivity contribution >= 4 is 46.4 Å². The number of aryl methyl sites for hydroxylation is 1. The molecule has 1 N–H and O–H groups in total. The number of fused-ring (bicyclic) bond motifs is 1. The third-order valence-electron chi connectivity index (χ3n) is 2.97. The molecule has 0 aliphatic carbocycles. The van der Waals surface area contributed by atoms with Gasteiger partial charge in [-0.05, 0) is 42.3 Å². The molecule has 0 radical (unpaired) electrons. The van der Waals surface area contributed by atoms with Crippen LogP contribution in [0.25, 0.3) is 10.9 Å². The molecule has 0 bridgehead atoms. The zero-order valence-corrected chi connectivity index (χ0v) is 12.4. The number of benzene rings is 2. The normalized spacial score (nSPS) is 10.1. The van der Waals surface area contributed by atoms with E-state index < -0.39 is 0 Å².